The van der Waals surface area contributed by atoms with E-state index in [0.717, 1.165) is 55.8 Å². The molecule has 0 aliphatic heterocycles. The zero-order chi connectivity index (χ0) is 47.9. The van der Waals surface area contributed by atoms with Crippen LogP contribution in [-0.2, 0) is 5.41 Å². The largest absolute Gasteiger partial charge is 0.455 e. The quantitative estimate of drug-likeness (QED) is 0.151. The molecule has 3 heteroatoms. The molecule has 340 valence electrons. The maximum atomic E-state index is 6.51. The molecule has 2 heterocycles. The number of benzene rings is 11. The molecule has 0 N–H and O–H groups in total. The second-order valence-corrected chi connectivity index (χ2v) is 19.7. The van der Waals surface area contributed by atoms with Gasteiger partial charge in [0.05, 0.1) is 11.0 Å². The predicted octanol–water partition coefficient (Wildman–Crippen LogP) is 19.1. The highest BCUT2D eigenvalue weighted by molar-refractivity contribution is 6.11. The summed E-state index contributed by atoms with van der Waals surface area (Å²) < 4.78 is 8.89. The second-order valence-electron chi connectivity index (χ2n) is 19.7. The van der Waals surface area contributed by atoms with E-state index >= 15 is 0 Å². The highest BCUT2D eigenvalue weighted by Gasteiger charge is 2.39. The summed E-state index contributed by atoms with van der Waals surface area (Å²) in [6.45, 7) is 4.80. The van der Waals surface area contributed by atoms with E-state index in [2.05, 4.69) is 272 Å². The van der Waals surface area contributed by atoms with E-state index in [0.29, 0.717) is 0 Å². The lowest BCUT2D eigenvalue weighted by atomic mass is 9.78. The molecule has 14 rings (SSSR count). The number of para-hydroxylation sites is 4. The molecule has 1 aliphatic rings. The van der Waals surface area contributed by atoms with Crippen molar-refractivity contribution in [3.63, 3.8) is 0 Å². The molecule has 1 aliphatic carbocycles. The Balaban J connectivity index is 0.900. The Bertz CT molecular complexity index is 4200. The van der Waals surface area contributed by atoms with Gasteiger partial charge in [0.25, 0.3) is 0 Å². The monoisotopic (exact) mass is 920 g/mol. The van der Waals surface area contributed by atoms with Crippen molar-refractivity contribution in [2.75, 3.05) is 4.90 Å². The average molecular weight is 921 g/mol. The molecule has 72 heavy (non-hydrogen) atoms. The topological polar surface area (TPSA) is 21.3 Å². The highest BCUT2D eigenvalue weighted by Crippen LogP contribution is 2.55. The first-order valence-corrected chi connectivity index (χ1v) is 24.9. The summed E-state index contributed by atoms with van der Waals surface area (Å²) in [6, 6.07) is 92.8. The molecule has 0 fully saturated rings. The van der Waals surface area contributed by atoms with Crippen molar-refractivity contribution in [3.8, 4) is 61.3 Å². The third-order valence-electron chi connectivity index (χ3n) is 15.2. The van der Waals surface area contributed by atoms with Gasteiger partial charge in [0, 0.05) is 55.3 Å². The Morgan fingerprint density at radius 2 is 0.903 bits per heavy atom. The molecule has 13 aromatic rings. The number of nitrogens with zero attached hydrogens (tertiary/aromatic N) is 2. The lowest BCUT2D eigenvalue weighted by Crippen LogP contribution is -2.17. The van der Waals surface area contributed by atoms with E-state index in [1.807, 2.05) is 6.07 Å². The van der Waals surface area contributed by atoms with Gasteiger partial charge in [0.15, 0.2) is 0 Å². The minimum atomic E-state index is -0.284. The van der Waals surface area contributed by atoms with Gasteiger partial charge in [-0.15, -0.1) is 0 Å². The number of hydrogen-bond donors (Lipinski definition) is 0. The fraction of sp³-hybridized carbons (Fsp3) is 0.0435. The van der Waals surface area contributed by atoms with Gasteiger partial charge in [0.2, 0.25) is 0 Å². The first-order chi connectivity index (χ1) is 35.5. The van der Waals surface area contributed by atoms with Crippen molar-refractivity contribution in [3.05, 3.63) is 266 Å². The highest BCUT2D eigenvalue weighted by atomic mass is 16.3. The van der Waals surface area contributed by atoms with Crippen LogP contribution in [0.15, 0.2) is 259 Å². The fourth-order valence-electron chi connectivity index (χ4n) is 11.8. The van der Waals surface area contributed by atoms with Crippen molar-refractivity contribution in [1.82, 2.24) is 4.57 Å². The summed E-state index contributed by atoms with van der Waals surface area (Å²) in [5.41, 5.74) is 23.1. The van der Waals surface area contributed by atoms with Crippen LogP contribution >= 0.6 is 0 Å². The summed E-state index contributed by atoms with van der Waals surface area (Å²) >= 11 is 0. The van der Waals surface area contributed by atoms with Gasteiger partial charge in [-0.2, -0.15) is 0 Å². The van der Waals surface area contributed by atoms with Crippen LogP contribution in [0, 0.1) is 0 Å². The maximum absolute atomic E-state index is 6.51. The van der Waals surface area contributed by atoms with Crippen LogP contribution in [0.25, 0.3) is 105 Å². The molecular formula is C69H48N2O. The van der Waals surface area contributed by atoms with Crippen LogP contribution in [0.5, 0.6) is 0 Å². The molecule has 0 bridgehead atoms. The number of furan rings is 1. The Morgan fingerprint density at radius 3 is 1.65 bits per heavy atom. The molecule has 0 saturated heterocycles. The van der Waals surface area contributed by atoms with Crippen LogP contribution in [0.4, 0.5) is 17.1 Å². The van der Waals surface area contributed by atoms with Crippen molar-refractivity contribution >= 4 is 60.8 Å². The molecular weight excluding hydrogens is 873 g/mol. The first kappa shape index (κ1) is 41.8. The molecule has 0 amide bonds. The van der Waals surface area contributed by atoms with Crippen molar-refractivity contribution in [2.24, 2.45) is 0 Å². The number of anilines is 3. The molecule has 0 unspecified atom stereocenters. The Labute approximate surface area is 419 Å². The minimum absolute atomic E-state index is 0.284. The first-order valence-electron chi connectivity index (χ1n) is 24.9. The van der Waals surface area contributed by atoms with Crippen LogP contribution in [0.2, 0.25) is 0 Å². The standard InChI is InChI=1S/C69H48N2O/c1-69(2)63-44-54(38-39-56(63)62-43-50(45-17-6-3-7-18-45)42-60(67(62)69)47-19-8-4-9-20-47)70(53-36-31-48(32-37-53)55-25-16-26-59-58-24-13-15-28-66(58)72-68(55)59)52-34-29-46(30-35-52)49-33-40-65-61(41-49)57-23-12-14-27-64(57)71(65)51-21-10-5-11-22-51/h3-44H,1-2H3. The van der Waals surface area contributed by atoms with Crippen LogP contribution in [-0.4, -0.2) is 4.57 Å². The Kier molecular flexibility index (Phi) is 9.56. The zero-order valence-electron chi connectivity index (χ0n) is 40.1. The number of aromatic nitrogens is 1. The number of fused-ring (bicyclic) bond motifs is 9. The van der Waals surface area contributed by atoms with Gasteiger partial charge >= 0.3 is 0 Å². The van der Waals surface area contributed by atoms with Crippen molar-refractivity contribution in [1.29, 1.82) is 0 Å². The smallest absolute Gasteiger partial charge is 0.143 e. The summed E-state index contributed by atoms with van der Waals surface area (Å²) in [5.74, 6) is 0. The zero-order valence-corrected chi connectivity index (χ0v) is 40.1. The van der Waals surface area contributed by atoms with E-state index in [9.17, 15) is 0 Å². The fourth-order valence-corrected chi connectivity index (χ4v) is 11.8. The summed E-state index contributed by atoms with van der Waals surface area (Å²) in [6.07, 6.45) is 0. The van der Waals surface area contributed by atoms with Gasteiger partial charge in [-0.25, -0.2) is 0 Å². The van der Waals surface area contributed by atoms with E-state index in [1.54, 1.807) is 0 Å². The third kappa shape index (κ3) is 6.66. The molecule has 11 aromatic carbocycles. The minimum Gasteiger partial charge on any atom is -0.455 e. The SMILES string of the molecule is CC1(C)c2cc(N(c3ccc(-c4ccc5c(c4)c4ccccc4n5-c4ccccc4)cc3)c3ccc(-c4cccc5c4oc4ccccc45)cc3)ccc2-c2cc(-c3ccccc3)cc(-c3ccccc3)c21. The van der Waals surface area contributed by atoms with E-state index in [-0.39, 0.29) is 5.41 Å². The van der Waals surface area contributed by atoms with Crippen LogP contribution in [0.3, 0.4) is 0 Å². The average Bonchev–Trinajstić information content (AvgIpc) is 4.07. The second kappa shape index (κ2) is 16.5. The van der Waals surface area contributed by atoms with Gasteiger partial charge in [-0.1, -0.05) is 184 Å². The number of hydrogen-bond acceptors (Lipinski definition) is 2. The van der Waals surface area contributed by atoms with E-state index < -0.39 is 0 Å². The van der Waals surface area contributed by atoms with Crippen molar-refractivity contribution in [2.45, 2.75) is 19.3 Å². The molecule has 0 saturated carbocycles. The third-order valence-corrected chi connectivity index (χ3v) is 15.2. The van der Waals surface area contributed by atoms with Gasteiger partial charge < -0.3 is 13.9 Å². The molecule has 3 nitrogen and oxygen atoms in total. The molecule has 2 aromatic heterocycles. The summed E-state index contributed by atoms with van der Waals surface area (Å²) in [4.78, 5) is 2.42. The van der Waals surface area contributed by atoms with Gasteiger partial charge in [-0.05, 0) is 146 Å². The van der Waals surface area contributed by atoms with Gasteiger partial charge in [0.1, 0.15) is 11.2 Å². The molecule has 0 spiro atoms. The summed E-state index contributed by atoms with van der Waals surface area (Å²) in [5, 5.41) is 4.75. The molecule has 0 radical (unpaired) electrons. The van der Waals surface area contributed by atoms with Gasteiger partial charge in [-0.3, -0.25) is 0 Å². The summed E-state index contributed by atoms with van der Waals surface area (Å²) in [7, 11) is 0. The number of rotatable bonds is 8. The van der Waals surface area contributed by atoms with Crippen molar-refractivity contribution < 1.29 is 4.42 Å². The van der Waals surface area contributed by atoms with Crippen LogP contribution < -0.4 is 4.90 Å². The lowest BCUT2D eigenvalue weighted by Gasteiger charge is -2.29. The normalized spacial score (nSPS) is 12.7. The van der Waals surface area contributed by atoms with E-state index in [1.165, 1.54) is 77.4 Å². The maximum Gasteiger partial charge on any atom is 0.143 e. The lowest BCUT2D eigenvalue weighted by molar-refractivity contribution is 0.662. The van der Waals surface area contributed by atoms with E-state index in [4.69, 9.17) is 4.42 Å². The Morgan fingerprint density at radius 1 is 0.347 bits per heavy atom. The van der Waals surface area contributed by atoms with Crippen LogP contribution in [0.1, 0.15) is 25.0 Å². The Hall–Kier alpha value is -9.18. The molecule has 0 atom stereocenters. The predicted molar refractivity (Wildman–Crippen MR) is 302 cm³/mol.